The van der Waals surface area contributed by atoms with Crippen LogP contribution in [-0.2, 0) is 0 Å². The molecule has 3 rings (SSSR count). The summed E-state index contributed by atoms with van der Waals surface area (Å²) in [6.07, 6.45) is 1.55. The number of methoxy groups -OCH3 is 1. The highest BCUT2D eigenvalue weighted by molar-refractivity contribution is 6.34. The van der Waals surface area contributed by atoms with Gasteiger partial charge in [-0.25, -0.2) is 9.37 Å². The van der Waals surface area contributed by atoms with E-state index in [1.807, 2.05) is 24.3 Å². The molecule has 26 heavy (non-hydrogen) atoms. The molecule has 0 saturated carbocycles. The summed E-state index contributed by atoms with van der Waals surface area (Å²) in [5.41, 5.74) is 1.34. The van der Waals surface area contributed by atoms with E-state index in [1.54, 1.807) is 25.4 Å². The minimum Gasteiger partial charge on any atom is -0.497 e. The monoisotopic (exact) mass is 371 g/mol. The molecule has 132 valence electrons. The van der Waals surface area contributed by atoms with Crippen molar-refractivity contribution in [3.63, 3.8) is 0 Å². The summed E-state index contributed by atoms with van der Waals surface area (Å²) in [6.45, 7) is 0. The van der Waals surface area contributed by atoms with Gasteiger partial charge in [-0.15, -0.1) is 0 Å². The van der Waals surface area contributed by atoms with Gasteiger partial charge in [0, 0.05) is 11.8 Å². The first kappa shape index (κ1) is 17.7. The molecule has 0 unspecified atom stereocenters. The van der Waals surface area contributed by atoms with Crippen molar-refractivity contribution in [1.29, 1.82) is 0 Å². The predicted octanol–water partition coefficient (Wildman–Crippen LogP) is 4.88. The Labute approximate surface area is 154 Å². The number of aromatic nitrogens is 1. The fourth-order valence-electron chi connectivity index (χ4n) is 2.30. The number of nitrogens with one attached hydrogen (secondary N) is 2. The molecule has 2 N–H and O–H groups in total. The number of rotatable bonds is 5. The van der Waals surface area contributed by atoms with Gasteiger partial charge in [0.15, 0.2) is 0 Å². The van der Waals surface area contributed by atoms with Gasteiger partial charge in [-0.2, -0.15) is 0 Å². The summed E-state index contributed by atoms with van der Waals surface area (Å²) >= 11 is 5.89. The van der Waals surface area contributed by atoms with Gasteiger partial charge in [-0.3, -0.25) is 4.79 Å². The second-order valence-electron chi connectivity index (χ2n) is 5.34. The van der Waals surface area contributed by atoms with Crippen LogP contribution in [0, 0.1) is 5.82 Å². The highest BCUT2D eigenvalue weighted by Gasteiger charge is 2.16. The van der Waals surface area contributed by atoms with E-state index in [1.165, 1.54) is 18.2 Å². The van der Waals surface area contributed by atoms with Crippen molar-refractivity contribution in [2.24, 2.45) is 0 Å². The summed E-state index contributed by atoms with van der Waals surface area (Å²) < 4.78 is 19.0. The maximum Gasteiger partial charge on any atom is 0.261 e. The quantitative estimate of drug-likeness (QED) is 0.671. The topological polar surface area (TPSA) is 63.2 Å². The summed E-state index contributed by atoms with van der Waals surface area (Å²) in [4.78, 5) is 16.3. The number of anilines is 3. The fourth-order valence-corrected chi connectivity index (χ4v) is 2.55. The molecule has 1 aromatic heterocycles. The normalized spacial score (nSPS) is 10.3. The number of pyridine rings is 1. The number of amides is 1. The van der Waals surface area contributed by atoms with Gasteiger partial charge in [0.25, 0.3) is 5.91 Å². The van der Waals surface area contributed by atoms with Crippen LogP contribution in [0.2, 0.25) is 5.02 Å². The van der Waals surface area contributed by atoms with Crippen molar-refractivity contribution in [3.8, 4) is 5.75 Å². The first-order valence-electron chi connectivity index (χ1n) is 7.69. The Morgan fingerprint density at radius 1 is 1.12 bits per heavy atom. The van der Waals surface area contributed by atoms with Gasteiger partial charge in [0.2, 0.25) is 0 Å². The van der Waals surface area contributed by atoms with Gasteiger partial charge in [-0.05, 0) is 36.4 Å². The molecule has 0 bridgehead atoms. The molecule has 0 aliphatic carbocycles. The lowest BCUT2D eigenvalue weighted by Gasteiger charge is -2.10. The minimum atomic E-state index is -0.689. The zero-order chi connectivity index (χ0) is 18.5. The second kappa shape index (κ2) is 7.84. The third kappa shape index (κ3) is 4.10. The van der Waals surface area contributed by atoms with Crippen LogP contribution in [0.15, 0.2) is 60.8 Å². The van der Waals surface area contributed by atoms with E-state index in [9.17, 15) is 9.18 Å². The Kier molecular flexibility index (Phi) is 5.34. The maximum atomic E-state index is 13.8. The van der Waals surface area contributed by atoms with Crippen LogP contribution in [0.4, 0.5) is 21.6 Å². The zero-order valence-electron chi connectivity index (χ0n) is 13.8. The molecule has 1 amide bonds. The lowest BCUT2D eigenvalue weighted by Crippen LogP contribution is -2.15. The minimum absolute atomic E-state index is 0.0406. The van der Waals surface area contributed by atoms with Crippen LogP contribution in [0.3, 0.4) is 0 Å². The average Bonchev–Trinajstić information content (AvgIpc) is 2.63. The molecule has 2 aromatic carbocycles. The number of nitrogens with zero attached hydrogens (tertiary/aromatic N) is 1. The molecule has 3 aromatic rings. The number of halogens is 2. The number of hydrogen-bond acceptors (Lipinski definition) is 4. The predicted molar refractivity (Wildman–Crippen MR) is 99.9 cm³/mol. The van der Waals surface area contributed by atoms with E-state index >= 15 is 0 Å². The Bertz CT molecular complexity index is 912. The van der Waals surface area contributed by atoms with Crippen LogP contribution < -0.4 is 15.4 Å². The zero-order valence-corrected chi connectivity index (χ0v) is 14.5. The molecule has 1 heterocycles. The van der Waals surface area contributed by atoms with E-state index < -0.39 is 11.7 Å². The van der Waals surface area contributed by atoms with Crippen molar-refractivity contribution >= 4 is 34.7 Å². The lowest BCUT2D eigenvalue weighted by molar-refractivity contribution is 0.102. The smallest absolute Gasteiger partial charge is 0.261 e. The molecule has 0 radical (unpaired) electrons. The summed E-state index contributed by atoms with van der Waals surface area (Å²) in [5, 5.41) is 5.74. The molecular formula is C19H15ClFN3O2. The standard InChI is InChI=1S/C19H15ClFN3O2/c1-26-14-5-2-4-12(10-14)23-13-8-9-17(22-11-13)24-19(25)18-15(20)6-3-7-16(18)21/h2-11,23H,1H3,(H,22,24,25). The number of ether oxygens (including phenoxy) is 1. The molecule has 0 aliphatic rings. The first-order chi connectivity index (χ1) is 12.6. The van der Waals surface area contributed by atoms with Gasteiger partial charge >= 0.3 is 0 Å². The number of hydrogen-bond donors (Lipinski definition) is 2. The average molecular weight is 372 g/mol. The molecule has 0 saturated heterocycles. The molecule has 0 spiro atoms. The first-order valence-corrected chi connectivity index (χ1v) is 8.07. The second-order valence-corrected chi connectivity index (χ2v) is 5.75. The van der Waals surface area contributed by atoms with Crippen molar-refractivity contribution in [3.05, 3.63) is 77.2 Å². The Morgan fingerprint density at radius 2 is 1.92 bits per heavy atom. The van der Waals surface area contributed by atoms with Crippen LogP contribution >= 0.6 is 11.6 Å². The summed E-state index contributed by atoms with van der Waals surface area (Å²) in [6, 6.07) is 14.8. The fraction of sp³-hybridized carbons (Fsp3) is 0.0526. The van der Waals surface area contributed by atoms with E-state index in [-0.39, 0.29) is 16.4 Å². The largest absolute Gasteiger partial charge is 0.497 e. The van der Waals surface area contributed by atoms with Crippen molar-refractivity contribution in [2.75, 3.05) is 17.7 Å². The molecule has 5 nitrogen and oxygen atoms in total. The SMILES string of the molecule is COc1cccc(Nc2ccc(NC(=O)c3c(F)cccc3Cl)nc2)c1. The van der Waals surface area contributed by atoms with E-state index in [0.717, 1.165) is 17.1 Å². The van der Waals surface area contributed by atoms with Crippen molar-refractivity contribution in [2.45, 2.75) is 0 Å². The summed E-state index contributed by atoms with van der Waals surface area (Å²) in [7, 11) is 1.60. The van der Waals surface area contributed by atoms with Crippen LogP contribution in [0.5, 0.6) is 5.75 Å². The maximum absolute atomic E-state index is 13.8. The van der Waals surface area contributed by atoms with Crippen molar-refractivity contribution < 1.29 is 13.9 Å². The van der Waals surface area contributed by atoms with Crippen LogP contribution in [0.1, 0.15) is 10.4 Å². The van der Waals surface area contributed by atoms with Gasteiger partial charge in [0.1, 0.15) is 17.4 Å². The Balaban J connectivity index is 1.70. The Morgan fingerprint density at radius 3 is 2.62 bits per heavy atom. The van der Waals surface area contributed by atoms with Gasteiger partial charge < -0.3 is 15.4 Å². The van der Waals surface area contributed by atoms with Crippen molar-refractivity contribution in [1.82, 2.24) is 4.98 Å². The molecule has 0 aliphatic heterocycles. The third-order valence-corrected chi connectivity index (χ3v) is 3.87. The van der Waals surface area contributed by atoms with E-state index in [4.69, 9.17) is 16.3 Å². The highest BCUT2D eigenvalue weighted by Crippen LogP contribution is 2.23. The Hall–Kier alpha value is -3.12. The van der Waals surface area contributed by atoms with Gasteiger partial charge in [-0.1, -0.05) is 23.7 Å². The van der Waals surface area contributed by atoms with E-state index in [0.29, 0.717) is 0 Å². The van der Waals surface area contributed by atoms with Crippen LogP contribution in [0.25, 0.3) is 0 Å². The summed E-state index contributed by atoms with van der Waals surface area (Å²) in [5.74, 6) is -0.334. The highest BCUT2D eigenvalue weighted by atomic mass is 35.5. The number of carbonyl (C=O) groups is 1. The van der Waals surface area contributed by atoms with E-state index in [2.05, 4.69) is 15.6 Å². The number of carbonyl (C=O) groups excluding carboxylic acids is 1. The van der Waals surface area contributed by atoms with Gasteiger partial charge in [0.05, 0.1) is 29.6 Å². The third-order valence-electron chi connectivity index (χ3n) is 3.55. The van der Waals surface area contributed by atoms with Crippen LogP contribution in [-0.4, -0.2) is 18.0 Å². The number of benzene rings is 2. The molecule has 0 atom stereocenters. The molecule has 7 heteroatoms. The molecular weight excluding hydrogens is 357 g/mol. The molecule has 0 fully saturated rings. The lowest BCUT2D eigenvalue weighted by atomic mass is 10.2.